The van der Waals surface area contributed by atoms with Crippen molar-refractivity contribution in [3.63, 3.8) is 0 Å². The van der Waals surface area contributed by atoms with E-state index in [2.05, 4.69) is 0 Å². The van der Waals surface area contributed by atoms with Crippen LogP contribution in [0.4, 0.5) is 0 Å². The third-order valence-corrected chi connectivity index (χ3v) is 7.30. The molecule has 1 aromatic rings. The molecule has 3 unspecified atom stereocenters. The summed E-state index contributed by atoms with van der Waals surface area (Å²) in [5.41, 5.74) is 0. The largest absolute Gasteiger partial charge is 0.341 e. The Morgan fingerprint density at radius 2 is 1.74 bits per heavy atom. The third-order valence-electron chi connectivity index (χ3n) is 5.38. The zero-order valence-corrected chi connectivity index (χ0v) is 13.9. The molecule has 3 fully saturated rings. The Bertz CT molecular complexity index is 694. The molecule has 1 amide bonds. The van der Waals surface area contributed by atoms with Crippen LogP contribution in [0, 0.1) is 11.8 Å². The normalized spacial score (nSPS) is 31.0. The Balaban J connectivity index is 1.59. The van der Waals surface area contributed by atoms with Crippen LogP contribution in [0.25, 0.3) is 0 Å². The van der Waals surface area contributed by atoms with E-state index in [1.165, 1.54) is 10.7 Å². The molecule has 0 N–H and O–H groups in total. The maximum Gasteiger partial charge on any atom is 0.243 e. The van der Waals surface area contributed by atoms with Gasteiger partial charge in [-0.3, -0.25) is 4.79 Å². The minimum Gasteiger partial charge on any atom is -0.341 e. The van der Waals surface area contributed by atoms with Gasteiger partial charge in [0.05, 0.1) is 4.90 Å². The molecule has 23 heavy (non-hydrogen) atoms. The van der Waals surface area contributed by atoms with Crippen molar-refractivity contribution in [3.8, 4) is 0 Å². The van der Waals surface area contributed by atoms with Crippen molar-refractivity contribution in [2.45, 2.75) is 36.6 Å². The van der Waals surface area contributed by atoms with Crippen molar-refractivity contribution in [3.05, 3.63) is 30.3 Å². The molecule has 4 rings (SSSR count). The zero-order chi connectivity index (χ0) is 16.0. The quantitative estimate of drug-likeness (QED) is 0.845. The summed E-state index contributed by atoms with van der Waals surface area (Å²) in [5, 5.41) is 0. The Morgan fingerprint density at radius 3 is 2.43 bits per heavy atom. The molecule has 6 heteroatoms. The van der Waals surface area contributed by atoms with E-state index in [-0.39, 0.29) is 10.8 Å². The van der Waals surface area contributed by atoms with E-state index in [0.29, 0.717) is 24.8 Å². The van der Waals surface area contributed by atoms with Crippen LogP contribution >= 0.6 is 0 Å². The van der Waals surface area contributed by atoms with E-state index in [1.807, 2.05) is 4.90 Å². The maximum absolute atomic E-state index is 12.9. The summed E-state index contributed by atoms with van der Waals surface area (Å²) >= 11 is 0. The number of amides is 1. The Kier molecular flexibility index (Phi) is 3.69. The molecule has 0 spiro atoms. The van der Waals surface area contributed by atoms with Crippen LogP contribution in [-0.2, 0) is 14.8 Å². The maximum atomic E-state index is 12.9. The van der Waals surface area contributed by atoms with Gasteiger partial charge in [-0.05, 0) is 43.2 Å². The fraction of sp³-hybridized carbons (Fsp3) is 0.588. The number of carbonyl (C=O) groups is 1. The molecular weight excluding hydrogens is 312 g/mol. The highest BCUT2D eigenvalue weighted by Gasteiger charge is 2.49. The van der Waals surface area contributed by atoms with Crippen LogP contribution in [0.3, 0.4) is 0 Å². The lowest BCUT2D eigenvalue weighted by atomic mass is 10.0. The van der Waals surface area contributed by atoms with Crippen LogP contribution in [-0.4, -0.2) is 49.2 Å². The average Bonchev–Trinajstić information content (AvgIpc) is 3.20. The van der Waals surface area contributed by atoms with E-state index in [4.69, 9.17) is 0 Å². The van der Waals surface area contributed by atoms with Gasteiger partial charge in [0.2, 0.25) is 15.9 Å². The van der Waals surface area contributed by atoms with Gasteiger partial charge in [0.15, 0.2) is 0 Å². The second-order valence-electron chi connectivity index (χ2n) is 6.94. The molecule has 2 heterocycles. The van der Waals surface area contributed by atoms with Gasteiger partial charge in [-0.25, -0.2) is 8.42 Å². The van der Waals surface area contributed by atoms with Crippen molar-refractivity contribution in [1.82, 2.24) is 9.21 Å². The molecule has 2 saturated heterocycles. The predicted molar refractivity (Wildman–Crippen MR) is 86.1 cm³/mol. The lowest BCUT2D eigenvalue weighted by Gasteiger charge is -2.36. The van der Waals surface area contributed by atoms with Gasteiger partial charge in [0.25, 0.3) is 0 Å². The smallest absolute Gasteiger partial charge is 0.243 e. The van der Waals surface area contributed by atoms with Gasteiger partial charge >= 0.3 is 0 Å². The first kappa shape index (κ1) is 15.1. The number of fused-ring (bicyclic) bond motifs is 1. The molecule has 2 aliphatic heterocycles. The fourth-order valence-corrected chi connectivity index (χ4v) is 5.63. The highest BCUT2D eigenvalue weighted by molar-refractivity contribution is 7.89. The molecule has 0 radical (unpaired) electrons. The summed E-state index contributed by atoms with van der Waals surface area (Å²) in [7, 11) is -3.60. The van der Waals surface area contributed by atoms with Crippen LogP contribution in [0.1, 0.15) is 25.7 Å². The minimum absolute atomic E-state index is 0.0106. The van der Waals surface area contributed by atoms with E-state index < -0.39 is 16.1 Å². The van der Waals surface area contributed by atoms with Gasteiger partial charge in [-0.15, -0.1) is 0 Å². The number of hydrogen-bond acceptors (Lipinski definition) is 3. The molecule has 0 aromatic heterocycles. The number of benzene rings is 1. The molecule has 124 valence electrons. The first-order chi connectivity index (χ1) is 11.1. The first-order valence-electron chi connectivity index (χ1n) is 8.43. The second-order valence-corrected chi connectivity index (χ2v) is 8.83. The van der Waals surface area contributed by atoms with Gasteiger partial charge in [0.1, 0.15) is 6.04 Å². The summed E-state index contributed by atoms with van der Waals surface area (Å²) in [4.78, 5) is 15.0. The molecule has 1 saturated carbocycles. The van der Waals surface area contributed by atoms with Crippen LogP contribution in [0.2, 0.25) is 0 Å². The number of likely N-dealkylation sites (tertiary alicyclic amines) is 1. The molecule has 1 aliphatic carbocycles. The topological polar surface area (TPSA) is 57.7 Å². The lowest BCUT2D eigenvalue weighted by Crippen LogP contribution is -2.52. The van der Waals surface area contributed by atoms with Crippen molar-refractivity contribution < 1.29 is 13.2 Å². The summed E-state index contributed by atoms with van der Waals surface area (Å²) in [6, 6.07) is 7.94. The fourth-order valence-electron chi connectivity index (χ4n) is 3.96. The summed E-state index contributed by atoms with van der Waals surface area (Å²) in [6.07, 6.45) is 3.61. The number of piperidine rings is 2. The average molecular weight is 334 g/mol. The molecule has 3 aliphatic rings. The van der Waals surface area contributed by atoms with Crippen LogP contribution in [0.15, 0.2) is 35.2 Å². The molecule has 0 bridgehead atoms. The molecular formula is C17H22N2O3S. The highest BCUT2D eigenvalue weighted by Crippen LogP contribution is 2.45. The van der Waals surface area contributed by atoms with E-state index >= 15 is 0 Å². The SMILES string of the molecule is O=C(C1CCCCN1S(=O)(=O)c1ccccc1)N1CC2CC2C1. The minimum atomic E-state index is -3.60. The monoisotopic (exact) mass is 334 g/mol. The van der Waals surface area contributed by atoms with E-state index in [0.717, 1.165) is 25.9 Å². The van der Waals surface area contributed by atoms with Crippen molar-refractivity contribution in [2.24, 2.45) is 11.8 Å². The molecule has 5 nitrogen and oxygen atoms in total. The number of rotatable bonds is 3. The summed E-state index contributed by atoms with van der Waals surface area (Å²) < 4.78 is 27.3. The Morgan fingerprint density at radius 1 is 1.04 bits per heavy atom. The van der Waals surface area contributed by atoms with Crippen molar-refractivity contribution in [2.75, 3.05) is 19.6 Å². The first-order valence-corrected chi connectivity index (χ1v) is 9.87. The summed E-state index contributed by atoms with van der Waals surface area (Å²) in [6.45, 7) is 2.08. The number of hydrogen-bond donors (Lipinski definition) is 0. The standard InChI is InChI=1S/C17H22N2O3S/c20-17(18-11-13-10-14(13)12-18)16-8-4-5-9-19(16)23(21,22)15-6-2-1-3-7-15/h1-3,6-7,13-14,16H,4-5,8-12H2. The van der Waals surface area contributed by atoms with Crippen molar-refractivity contribution in [1.29, 1.82) is 0 Å². The number of sulfonamides is 1. The summed E-state index contributed by atoms with van der Waals surface area (Å²) in [5.74, 6) is 1.35. The van der Waals surface area contributed by atoms with Gasteiger partial charge in [0, 0.05) is 19.6 Å². The van der Waals surface area contributed by atoms with Crippen LogP contribution in [0.5, 0.6) is 0 Å². The highest BCUT2D eigenvalue weighted by atomic mass is 32.2. The van der Waals surface area contributed by atoms with Gasteiger partial charge in [-0.2, -0.15) is 4.31 Å². The molecule has 3 atom stereocenters. The molecule has 1 aromatic carbocycles. The Hall–Kier alpha value is -1.40. The number of carbonyl (C=O) groups excluding carboxylic acids is 1. The van der Waals surface area contributed by atoms with Gasteiger partial charge in [-0.1, -0.05) is 24.6 Å². The van der Waals surface area contributed by atoms with E-state index in [1.54, 1.807) is 30.3 Å². The Labute approximate surface area is 137 Å². The lowest BCUT2D eigenvalue weighted by molar-refractivity contribution is -0.135. The zero-order valence-electron chi connectivity index (χ0n) is 13.1. The van der Waals surface area contributed by atoms with Crippen molar-refractivity contribution >= 4 is 15.9 Å². The number of nitrogens with zero attached hydrogens (tertiary/aromatic N) is 2. The van der Waals surface area contributed by atoms with E-state index in [9.17, 15) is 13.2 Å². The second kappa shape index (κ2) is 5.60. The third kappa shape index (κ3) is 2.68. The predicted octanol–water partition coefficient (Wildman–Crippen LogP) is 1.71. The van der Waals surface area contributed by atoms with Gasteiger partial charge < -0.3 is 4.90 Å². The van der Waals surface area contributed by atoms with Crippen LogP contribution < -0.4 is 0 Å².